The van der Waals surface area contributed by atoms with E-state index in [0.717, 1.165) is 10.9 Å². The number of fused-ring (bicyclic) bond motifs is 1. The largest absolute Gasteiger partial charge is 0.351 e. The van der Waals surface area contributed by atoms with Crippen molar-refractivity contribution in [3.63, 3.8) is 0 Å². The van der Waals surface area contributed by atoms with Gasteiger partial charge in [-0.2, -0.15) is 5.21 Å². The number of aryl methyl sites for hydroxylation is 1. The zero-order chi connectivity index (χ0) is 12.5. The molecule has 3 aromatic rings. The molecule has 0 aliphatic carbocycles. The summed E-state index contributed by atoms with van der Waals surface area (Å²) in [5.41, 5.74) is 1.63. The number of nitrogens with zero attached hydrogens (tertiary/aromatic N) is 4. The van der Waals surface area contributed by atoms with Gasteiger partial charge in [-0.05, 0) is 29.5 Å². The van der Waals surface area contributed by atoms with E-state index in [-0.39, 0.29) is 11.9 Å². The molecule has 1 amide bonds. The Morgan fingerprint density at radius 1 is 1.39 bits per heavy atom. The van der Waals surface area contributed by atoms with E-state index in [2.05, 4.69) is 25.9 Å². The quantitative estimate of drug-likeness (QED) is 0.700. The van der Waals surface area contributed by atoms with Crippen molar-refractivity contribution in [2.75, 3.05) is 5.32 Å². The minimum Gasteiger partial charge on any atom is -0.351 e. The fourth-order valence-electron chi connectivity index (χ4n) is 1.81. The lowest BCUT2D eigenvalue weighted by Gasteiger charge is -2.01. The van der Waals surface area contributed by atoms with Crippen LogP contribution in [0, 0.1) is 0 Å². The Kier molecular flexibility index (Phi) is 2.30. The van der Waals surface area contributed by atoms with Crippen molar-refractivity contribution in [2.45, 2.75) is 0 Å². The van der Waals surface area contributed by atoms with Gasteiger partial charge in [0.15, 0.2) is 0 Å². The summed E-state index contributed by atoms with van der Waals surface area (Å²) < 4.78 is 2.00. The predicted octanol–water partition coefficient (Wildman–Crippen LogP) is 0.944. The van der Waals surface area contributed by atoms with Crippen LogP contribution in [0.25, 0.3) is 10.9 Å². The Balaban J connectivity index is 1.92. The number of hydrogen-bond donors (Lipinski definition) is 2. The molecule has 0 saturated heterocycles. The third-order valence-electron chi connectivity index (χ3n) is 2.72. The van der Waals surface area contributed by atoms with E-state index in [1.54, 1.807) is 6.07 Å². The summed E-state index contributed by atoms with van der Waals surface area (Å²) in [5.74, 6) is -0.102. The molecule has 2 N–H and O–H groups in total. The number of H-pyrrole nitrogens is 1. The molecule has 0 fully saturated rings. The van der Waals surface area contributed by atoms with E-state index < -0.39 is 0 Å². The molecule has 0 unspecified atom stereocenters. The molecule has 2 heterocycles. The Morgan fingerprint density at radius 2 is 2.28 bits per heavy atom. The highest BCUT2D eigenvalue weighted by atomic mass is 16.1. The highest BCUT2D eigenvalue weighted by molar-refractivity contribution is 6.05. The van der Waals surface area contributed by atoms with Gasteiger partial charge in [0.2, 0.25) is 0 Å². The molecule has 0 radical (unpaired) electrons. The summed E-state index contributed by atoms with van der Waals surface area (Å²) in [6.45, 7) is 0. The second-order valence-corrected chi connectivity index (χ2v) is 3.89. The van der Waals surface area contributed by atoms with Crippen LogP contribution in [0.3, 0.4) is 0 Å². The summed E-state index contributed by atoms with van der Waals surface area (Å²) in [7, 11) is 1.96. The monoisotopic (exact) mass is 242 g/mol. The van der Waals surface area contributed by atoms with Crippen LogP contribution >= 0.6 is 0 Å². The molecule has 0 atom stereocenters. The van der Waals surface area contributed by atoms with Gasteiger partial charge < -0.3 is 4.57 Å². The molecule has 0 spiro atoms. The van der Waals surface area contributed by atoms with E-state index in [1.165, 1.54) is 0 Å². The average molecular weight is 242 g/mol. The summed E-state index contributed by atoms with van der Waals surface area (Å²) in [5, 5.41) is 16.5. The number of amides is 1. The molecule has 2 aromatic heterocycles. The number of carbonyl (C=O) groups is 1. The van der Waals surface area contributed by atoms with Crippen LogP contribution < -0.4 is 5.32 Å². The van der Waals surface area contributed by atoms with Crippen LogP contribution in [0.15, 0.2) is 30.5 Å². The number of benzene rings is 1. The standard InChI is InChI=1S/C11H10N6O/c1-17-5-4-7-6-8(2-3-9(7)17)10(18)12-11-13-15-16-14-11/h2-6H,1H3,(H2,12,13,14,15,16,18). The van der Waals surface area contributed by atoms with Gasteiger partial charge in [-0.15, -0.1) is 5.10 Å². The summed E-state index contributed by atoms with van der Waals surface area (Å²) in [4.78, 5) is 11.9. The lowest BCUT2D eigenvalue weighted by molar-refractivity contribution is 0.102. The molecule has 7 nitrogen and oxygen atoms in total. The first kappa shape index (κ1) is 10.5. The number of tetrazole rings is 1. The van der Waals surface area contributed by atoms with Crippen LogP contribution in [0.5, 0.6) is 0 Å². The SMILES string of the molecule is Cn1ccc2cc(C(=O)Nc3nn[nH]n3)ccc21. The molecule has 1 aromatic carbocycles. The maximum Gasteiger partial charge on any atom is 0.270 e. The highest BCUT2D eigenvalue weighted by Gasteiger charge is 2.09. The number of aromatic amines is 1. The second kappa shape index (κ2) is 3.95. The Labute approximate surface area is 102 Å². The number of nitrogens with one attached hydrogen (secondary N) is 2. The van der Waals surface area contributed by atoms with Crippen molar-refractivity contribution < 1.29 is 4.79 Å². The van der Waals surface area contributed by atoms with Gasteiger partial charge in [0.25, 0.3) is 11.9 Å². The fourth-order valence-corrected chi connectivity index (χ4v) is 1.81. The van der Waals surface area contributed by atoms with Gasteiger partial charge in [-0.25, -0.2) is 0 Å². The first-order chi connectivity index (χ1) is 8.74. The van der Waals surface area contributed by atoms with Crippen molar-refractivity contribution in [1.29, 1.82) is 0 Å². The van der Waals surface area contributed by atoms with Gasteiger partial charge in [0.1, 0.15) is 0 Å². The molecule has 7 heteroatoms. The fraction of sp³-hybridized carbons (Fsp3) is 0.0909. The van der Waals surface area contributed by atoms with E-state index in [9.17, 15) is 4.79 Å². The first-order valence-electron chi connectivity index (χ1n) is 5.34. The minimum absolute atomic E-state index is 0.160. The van der Waals surface area contributed by atoms with E-state index >= 15 is 0 Å². The van der Waals surface area contributed by atoms with Crippen LogP contribution in [0.4, 0.5) is 5.95 Å². The van der Waals surface area contributed by atoms with Crippen molar-refractivity contribution >= 4 is 22.8 Å². The van der Waals surface area contributed by atoms with Crippen molar-refractivity contribution in [3.05, 3.63) is 36.0 Å². The van der Waals surface area contributed by atoms with Gasteiger partial charge in [0, 0.05) is 29.7 Å². The van der Waals surface area contributed by atoms with Crippen LogP contribution in [-0.2, 0) is 7.05 Å². The molecule has 0 saturated carbocycles. The number of rotatable bonds is 2. The van der Waals surface area contributed by atoms with Gasteiger partial charge in [-0.3, -0.25) is 10.1 Å². The Morgan fingerprint density at radius 3 is 3.06 bits per heavy atom. The number of carbonyl (C=O) groups excluding carboxylic acids is 1. The van der Waals surface area contributed by atoms with Gasteiger partial charge in [0.05, 0.1) is 0 Å². The first-order valence-corrected chi connectivity index (χ1v) is 5.34. The number of aromatic nitrogens is 5. The Hall–Kier alpha value is -2.70. The van der Waals surface area contributed by atoms with Crippen molar-refractivity contribution in [1.82, 2.24) is 25.2 Å². The van der Waals surface area contributed by atoms with Crippen molar-refractivity contribution in [2.24, 2.45) is 7.05 Å². The third-order valence-corrected chi connectivity index (χ3v) is 2.72. The predicted molar refractivity (Wildman–Crippen MR) is 65.0 cm³/mol. The summed E-state index contributed by atoms with van der Waals surface area (Å²) in [6.07, 6.45) is 1.95. The molecule has 90 valence electrons. The third kappa shape index (κ3) is 1.71. The molecule has 0 aliphatic heterocycles. The zero-order valence-corrected chi connectivity index (χ0v) is 9.58. The van der Waals surface area contributed by atoms with Gasteiger partial charge in [-0.1, -0.05) is 5.10 Å². The second-order valence-electron chi connectivity index (χ2n) is 3.89. The topological polar surface area (TPSA) is 88.5 Å². The van der Waals surface area contributed by atoms with E-state index in [4.69, 9.17) is 0 Å². The lowest BCUT2D eigenvalue weighted by atomic mass is 10.1. The molecule has 0 aliphatic rings. The van der Waals surface area contributed by atoms with E-state index in [1.807, 2.05) is 36.0 Å². The highest BCUT2D eigenvalue weighted by Crippen LogP contribution is 2.17. The summed E-state index contributed by atoms with van der Waals surface area (Å²) >= 11 is 0. The van der Waals surface area contributed by atoms with Gasteiger partial charge >= 0.3 is 0 Å². The maximum atomic E-state index is 11.9. The van der Waals surface area contributed by atoms with Crippen LogP contribution in [0.2, 0.25) is 0 Å². The van der Waals surface area contributed by atoms with Crippen LogP contribution in [0.1, 0.15) is 10.4 Å². The van der Waals surface area contributed by atoms with Crippen LogP contribution in [-0.4, -0.2) is 31.1 Å². The number of anilines is 1. The molecule has 18 heavy (non-hydrogen) atoms. The average Bonchev–Trinajstić information content (AvgIpc) is 2.99. The molecule has 3 rings (SSSR count). The molecular formula is C11H10N6O. The Bertz CT molecular complexity index is 699. The molecule has 0 bridgehead atoms. The maximum absolute atomic E-state index is 11.9. The minimum atomic E-state index is -0.262. The van der Waals surface area contributed by atoms with E-state index in [0.29, 0.717) is 5.56 Å². The normalized spacial score (nSPS) is 10.7. The smallest absolute Gasteiger partial charge is 0.270 e. The zero-order valence-electron chi connectivity index (χ0n) is 9.58. The number of hydrogen-bond acceptors (Lipinski definition) is 4. The van der Waals surface area contributed by atoms with Crippen molar-refractivity contribution in [3.8, 4) is 0 Å². The summed E-state index contributed by atoms with van der Waals surface area (Å²) in [6, 6.07) is 7.45. The lowest BCUT2D eigenvalue weighted by Crippen LogP contribution is -2.12. The molecular weight excluding hydrogens is 232 g/mol.